The van der Waals surface area contributed by atoms with Crippen LogP contribution < -0.4 is 15.4 Å². The first-order chi connectivity index (χ1) is 15.7. The van der Waals surface area contributed by atoms with Gasteiger partial charge in [0.05, 0.1) is 4.75 Å². The zero-order chi connectivity index (χ0) is 24.0. The van der Waals surface area contributed by atoms with Crippen LogP contribution in [0.5, 0.6) is 0 Å². The van der Waals surface area contributed by atoms with E-state index in [0.29, 0.717) is 32.2 Å². The van der Waals surface area contributed by atoms with Crippen LogP contribution in [0.1, 0.15) is 71.1 Å². The van der Waals surface area contributed by atoms with Gasteiger partial charge >= 0.3 is 6.09 Å². The normalized spacial score (nSPS) is 30.1. The molecule has 4 atom stereocenters. The van der Waals surface area contributed by atoms with Gasteiger partial charge in [-0.3, -0.25) is 19.1 Å². The molecule has 10 nitrogen and oxygen atoms in total. The predicted octanol–water partition coefficient (Wildman–Crippen LogP) is 1.34. The molecule has 0 aromatic carbocycles. The molecule has 4 amide bonds. The fraction of sp³-hybridized carbons (Fsp3) is 0.727. The van der Waals surface area contributed by atoms with Crippen molar-refractivity contribution in [1.29, 1.82) is 0 Å². The zero-order valence-electron chi connectivity index (χ0n) is 19.0. The van der Waals surface area contributed by atoms with Crippen molar-refractivity contribution >= 4 is 34.8 Å². The van der Waals surface area contributed by atoms with E-state index >= 15 is 0 Å². The molecule has 1 saturated carbocycles. The number of carbonyl (C=O) groups is 4. The second-order valence-corrected chi connectivity index (χ2v) is 11.0. The van der Waals surface area contributed by atoms with Crippen LogP contribution in [-0.4, -0.2) is 67.4 Å². The second-order valence-electron chi connectivity index (χ2n) is 9.28. The van der Waals surface area contributed by atoms with E-state index in [1.807, 2.05) is 19.1 Å². The number of carbonyl (C=O) groups excluding carboxylic acids is 3. The van der Waals surface area contributed by atoms with E-state index in [4.69, 9.17) is 0 Å². The Morgan fingerprint density at radius 2 is 1.91 bits per heavy atom. The molecule has 0 aromatic heterocycles. The van der Waals surface area contributed by atoms with Crippen LogP contribution in [0, 0.1) is 0 Å². The van der Waals surface area contributed by atoms with Gasteiger partial charge in [0.15, 0.2) is 0 Å². The first-order valence-corrected chi connectivity index (χ1v) is 12.8. The molecular formula is C22H34N4O6S. The molecular weight excluding hydrogens is 448 g/mol. The van der Waals surface area contributed by atoms with Gasteiger partial charge in [0, 0.05) is 6.54 Å². The Kier molecular flexibility index (Phi) is 8.50. The molecule has 0 spiro atoms. The monoisotopic (exact) mass is 482 g/mol. The Labute approximate surface area is 196 Å². The maximum Gasteiger partial charge on any atom is 0.405 e. The third kappa shape index (κ3) is 6.78. The summed E-state index contributed by atoms with van der Waals surface area (Å²) in [4.78, 5) is 51.7. The number of carboxylic acid groups (broad SMARTS) is 1. The molecule has 1 saturated heterocycles. The summed E-state index contributed by atoms with van der Waals surface area (Å²) in [6, 6.07) is -2.58. The average Bonchev–Trinajstić information content (AvgIpc) is 3.32. The Bertz CT molecular complexity index is 828. The number of fused-ring (bicyclic) bond motifs is 1. The van der Waals surface area contributed by atoms with E-state index in [1.165, 1.54) is 4.90 Å². The van der Waals surface area contributed by atoms with Crippen molar-refractivity contribution < 1.29 is 28.5 Å². The summed E-state index contributed by atoms with van der Waals surface area (Å²) in [5.74, 6) is -1.38. The Morgan fingerprint density at radius 1 is 1.15 bits per heavy atom. The van der Waals surface area contributed by atoms with E-state index in [0.717, 1.165) is 32.1 Å². The SMILES string of the molecule is CC1(S(=O)NC(=O)C2C/C=C\CCCCC[C@H](NC(=O)O)C(=O)N3CCC[C@H]3C(=O)N2)CC1. The summed E-state index contributed by atoms with van der Waals surface area (Å²) >= 11 is 0. The summed E-state index contributed by atoms with van der Waals surface area (Å²) in [6.07, 6.45) is 8.91. The Balaban J connectivity index is 1.76. The molecule has 1 aliphatic carbocycles. The minimum absolute atomic E-state index is 0.259. The van der Waals surface area contributed by atoms with E-state index < -0.39 is 57.7 Å². The van der Waals surface area contributed by atoms with Gasteiger partial charge in [0.1, 0.15) is 29.1 Å². The van der Waals surface area contributed by atoms with Crippen molar-refractivity contribution in [2.45, 2.75) is 94.0 Å². The molecule has 2 aliphatic heterocycles. The minimum atomic E-state index is -1.53. The summed E-state index contributed by atoms with van der Waals surface area (Å²) in [6.45, 7) is 2.20. The van der Waals surface area contributed by atoms with E-state index in [2.05, 4.69) is 15.4 Å². The molecule has 33 heavy (non-hydrogen) atoms. The van der Waals surface area contributed by atoms with Gasteiger partial charge in [-0.1, -0.05) is 25.0 Å². The van der Waals surface area contributed by atoms with Gasteiger partial charge in [-0.25, -0.2) is 9.00 Å². The molecule has 3 rings (SSSR count). The van der Waals surface area contributed by atoms with Crippen LogP contribution >= 0.6 is 0 Å². The number of hydrogen-bond donors (Lipinski definition) is 4. The van der Waals surface area contributed by atoms with Crippen molar-refractivity contribution in [2.75, 3.05) is 6.54 Å². The minimum Gasteiger partial charge on any atom is -0.465 e. The summed E-state index contributed by atoms with van der Waals surface area (Å²) in [5.41, 5.74) is 0. The molecule has 11 heteroatoms. The van der Waals surface area contributed by atoms with Gasteiger partial charge in [-0.15, -0.1) is 0 Å². The van der Waals surface area contributed by atoms with Gasteiger partial charge < -0.3 is 20.6 Å². The number of nitrogens with zero attached hydrogens (tertiary/aromatic N) is 1. The van der Waals surface area contributed by atoms with Crippen molar-refractivity contribution in [3.63, 3.8) is 0 Å². The molecule has 2 unspecified atom stereocenters. The molecule has 2 fully saturated rings. The summed E-state index contributed by atoms with van der Waals surface area (Å²) in [7, 11) is -1.53. The number of allylic oxidation sites excluding steroid dienone is 1. The fourth-order valence-electron chi connectivity index (χ4n) is 4.19. The fourth-order valence-corrected chi connectivity index (χ4v) is 5.24. The maximum atomic E-state index is 13.1. The van der Waals surface area contributed by atoms with Gasteiger partial charge in [0.25, 0.3) is 5.91 Å². The number of amides is 4. The quantitative estimate of drug-likeness (QED) is 0.445. The van der Waals surface area contributed by atoms with Crippen LogP contribution in [0.25, 0.3) is 0 Å². The van der Waals surface area contributed by atoms with E-state index in [-0.39, 0.29) is 6.42 Å². The molecule has 184 valence electrons. The van der Waals surface area contributed by atoms with Gasteiger partial charge in [-0.2, -0.15) is 0 Å². The Hall–Kier alpha value is -2.43. The topological polar surface area (TPSA) is 145 Å². The molecule has 0 aromatic rings. The first kappa shape index (κ1) is 25.2. The van der Waals surface area contributed by atoms with Crippen LogP contribution in [0.4, 0.5) is 4.79 Å². The molecule has 3 aliphatic rings. The second kappa shape index (κ2) is 11.1. The third-order valence-electron chi connectivity index (χ3n) is 6.56. The first-order valence-electron chi connectivity index (χ1n) is 11.7. The zero-order valence-corrected chi connectivity index (χ0v) is 19.8. The highest BCUT2D eigenvalue weighted by Crippen LogP contribution is 2.40. The van der Waals surface area contributed by atoms with Crippen molar-refractivity contribution in [2.24, 2.45) is 0 Å². The van der Waals surface area contributed by atoms with Crippen LogP contribution in [-0.2, 0) is 25.4 Å². The molecule has 0 radical (unpaired) electrons. The van der Waals surface area contributed by atoms with Crippen LogP contribution in [0.15, 0.2) is 12.2 Å². The number of nitrogens with one attached hydrogen (secondary N) is 3. The molecule has 2 heterocycles. The summed E-state index contributed by atoms with van der Waals surface area (Å²) < 4.78 is 14.6. The highest BCUT2D eigenvalue weighted by atomic mass is 32.2. The number of hydrogen-bond acceptors (Lipinski definition) is 5. The lowest BCUT2D eigenvalue weighted by atomic mass is 10.1. The van der Waals surface area contributed by atoms with Crippen molar-refractivity contribution in [3.05, 3.63) is 12.2 Å². The lowest BCUT2D eigenvalue weighted by Gasteiger charge is -2.29. The van der Waals surface area contributed by atoms with E-state index in [9.17, 15) is 28.5 Å². The number of rotatable bonds is 4. The third-order valence-corrected chi connectivity index (χ3v) is 8.25. The Morgan fingerprint density at radius 3 is 2.61 bits per heavy atom. The lowest BCUT2D eigenvalue weighted by molar-refractivity contribution is -0.140. The highest BCUT2D eigenvalue weighted by molar-refractivity contribution is 7.85. The van der Waals surface area contributed by atoms with Gasteiger partial charge in [-0.05, 0) is 58.3 Å². The molecule has 0 bridgehead atoms. The maximum absolute atomic E-state index is 13.1. The highest BCUT2D eigenvalue weighted by Gasteiger charge is 2.45. The largest absolute Gasteiger partial charge is 0.465 e. The van der Waals surface area contributed by atoms with Crippen molar-refractivity contribution in [3.8, 4) is 0 Å². The van der Waals surface area contributed by atoms with E-state index in [1.54, 1.807) is 0 Å². The van der Waals surface area contributed by atoms with Crippen LogP contribution in [0.3, 0.4) is 0 Å². The van der Waals surface area contributed by atoms with Crippen molar-refractivity contribution in [1.82, 2.24) is 20.3 Å². The average molecular weight is 483 g/mol. The lowest BCUT2D eigenvalue weighted by Crippen LogP contribution is -2.56. The molecule has 4 N–H and O–H groups in total. The smallest absolute Gasteiger partial charge is 0.405 e. The standard InChI is InChI=1S/C22H34N4O6S/c1-22(12-13-22)33(32)25-18(27)15-9-6-4-2-3-5-7-10-16(24-21(30)31)20(29)26-14-8-11-17(26)19(28)23-15/h4,6,15-17,24H,2-3,5,7-14H2,1H3,(H,23,28)(H,25,27)(H,30,31)/b6-4-/t15?,16-,17-,33?/m0/s1. The predicted molar refractivity (Wildman–Crippen MR) is 122 cm³/mol. The van der Waals surface area contributed by atoms with Gasteiger partial charge in [0.2, 0.25) is 11.8 Å². The van der Waals surface area contributed by atoms with Crippen LogP contribution in [0.2, 0.25) is 0 Å². The summed E-state index contributed by atoms with van der Waals surface area (Å²) in [5, 5.41) is 14.2.